The molecule has 1 saturated carbocycles. The number of nitrogens with one attached hydrogen (secondary N) is 1. The van der Waals surface area contributed by atoms with E-state index in [0.717, 1.165) is 38.8 Å². The number of hydrogen-bond donors (Lipinski definition) is 1. The van der Waals surface area contributed by atoms with Gasteiger partial charge in [-0.15, -0.1) is 0 Å². The molecular weight excluding hydrogens is 316 g/mol. The first-order chi connectivity index (χ1) is 12.2. The molecular formula is C20H28N2O3. The molecule has 5 nitrogen and oxygen atoms in total. The first-order valence-electron chi connectivity index (χ1n) is 9.48. The average Bonchev–Trinajstić information content (AvgIpc) is 2.68. The second kappa shape index (κ2) is 8.88. The Bertz CT molecular complexity index is 562. The van der Waals surface area contributed by atoms with Crippen molar-refractivity contribution in [3.8, 4) is 5.75 Å². The van der Waals surface area contributed by atoms with Crippen LogP contribution in [0.5, 0.6) is 5.75 Å². The SMILES string of the molecule is O=C(COc1ccccc1)NC1CCN(C(=O)C2CCCCC2)CC1. The number of rotatable bonds is 5. The fourth-order valence-electron chi connectivity index (χ4n) is 3.79. The summed E-state index contributed by atoms with van der Waals surface area (Å²) in [7, 11) is 0. The summed E-state index contributed by atoms with van der Waals surface area (Å²) >= 11 is 0. The molecule has 2 aliphatic rings. The molecule has 0 spiro atoms. The van der Waals surface area contributed by atoms with Crippen LogP contribution in [0.4, 0.5) is 0 Å². The van der Waals surface area contributed by atoms with Crippen LogP contribution < -0.4 is 10.1 Å². The summed E-state index contributed by atoms with van der Waals surface area (Å²) in [5.41, 5.74) is 0. The highest BCUT2D eigenvalue weighted by Crippen LogP contribution is 2.26. The minimum Gasteiger partial charge on any atom is -0.484 e. The number of ether oxygens (including phenoxy) is 1. The van der Waals surface area contributed by atoms with Crippen LogP contribution in [0.2, 0.25) is 0 Å². The molecule has 0 unspecified atom stereocenters. The van der Waals surface area contributed by atoms with E-state index in [1.807, 2.05) is 35.2 Å². The third-order valence-corrected chi connectivity index (χ3v) is 5.24. The lowest BCUT2D eigenvalue weighted by Crippen LogP contribution is -2.49. The van der Waals surface area contributed by atoms with Crippen molar-refractivity contribution in [2.75, 3.05) is 19.7 Å². The summed E-state index contributed by atoms with van der Waals surface area (Å²) in [6, 6.07) is 9.49. The fourth-order valence-corrected chi connectivity index (χ4v) is 3.79. The summed E-state index contributed by atoms with van der Waals surface area (Å²) in [5, 5.41) is 3.03. The van der Waals surface area contributed by atoms with Crippen molar-refractivity contribution >= 4 is 11.8 Å². The van der Waals surface area contributed by atoms with E-state index in [4.69, 9.17) is 4.74 Å². The summed E-state index contributed by atoms with van der Waals surface area (Å²) < 4.78 is 5.47. The molecule has 0 aromatic heterocycles. The van der Waals surface area contributed by atoms with Crippen LogP contribution in [0.1, 0.15) is 44.9 Å². The van der Waals surface area contributed by atoms with Gasteiger partial charge in [0.1, 0.15) is 5.75 Å². The molecule has 0 bridgehead atoms. The van der Waals surface area contributed by atoms with E-state index >= 15 is 0 Å². The van der Waals surface area contributed by atoms with E-state index in [-0.39, 0.29) is 24.5 Å². The van der Waals surface area contributed by atoms with Gasteiger partial charge in [-0.1, -0.05) is 37.5 Å². The quantitative estimate of drug-likeness (QED) is 0.893. The van der Waals surface area contributed by atoms with E-state index in [9.17, 15) is 9.59 Å². The van der Waals surface area contributed by atoms with Gasteiger partial charge in [0, 0.05) is 25.0 Å². The fraction of sp³-hybridized carbons (Fsp3) is 0.600. The highest BCUT2D eigenvalue weighted by atomic mass is 16.5. The largest absolute Gasteiger partial charge is 0.484 e. The zero-order valence-electron chi connectivity index (χ0n) is 14.8. The highest BCUT2D eigenvalue weighted by Gasteiger charge is 2.29. The van der Waals surface area contributed by atoms with E-state index in [1.54, 1.807) is 0 Å². The number of carbonyl (C=O) groups excluding carboxylic acids is 2. The van der Waals surface area contributed by atoms with Gasteiger partial charge in [-0.2, -0.15) is 0 Å². The zero-order valence-corrected chi connectivity index (χ0v) is 14.8. The van der Waals surface area contributed by atoms with Crippen molar-refractivity contribution in [2.24, 2.45) is 5.92 Å². The first-order valence-corrected chi connectivity index (χ1v) is 9.48. The molecule has 5 heteroatoms. The normalized spacial score (nSPS) is 19.4. The Balaban J connectivity index is 1.37. The van der Waals surface area contributed by atoms with Gasteiger partial charge in [0.2, 0.25) is 5.91 Å². The highest BCUT2D eigenvalue weighted by molar-refractivity contribution is 5.79. The lowest BCUT2D eigenvalue weighted by atomic mass is 9.87. The van der Waals surface area contributed by atoms with Crippen LogP contribution in [-0.4, -0.2) is 42.5 Å². The Morgan fingerprint density at radius 2 is 1.68 bits per heavy atom. The van der Waals surface area contributed by atoms with E-state index < -0.39 is 0 Å². The monoisotopic (exact) mass is 344 g/mol. The number of carbonyl (C=O) groups is 2. The number of para-hydroxylation sites is 1. The third kappa shape index (κ3) is 5.21. The maximum absolute atomic E-state index is 12.6. The van der Waals surface area contributed by atoms with E-state index in [0.29, 0.717) is 11.7 Å². The number of likely N-dealkylation sites (tertiary alicyclic amines) is 1. The third-order valence-electron chi connectivity index (χ3n) is 5.24. The van der Waals surface area contributed by atoms with Crippen molar-refractivity contribution in [3.63, 3.8) is 0 Å². The Morgan fingerprint density at radius 1 is 1.00 bits per heavy atom. The van der Waals surface area contributed by atoms with Gasteiger partial charge >= 0.3 is 0 Å². The Hall–Kier alpha value is -2.04. The van der Waals surface area contributed by atoms with Crippen LogP contribution in [0.15, 0.2) is 30.3 Å². The van der Waals surface area contributed by atoms with Crippen molar-refractivity contribution in [3.05, 3.63) is 30.3 Å². The molecule has 1 heterocycles. The molecule has 136 valence electrons. The minimum atomic E-state index is -0.0964. The average molecular weight is 344 g/mol. The second-order valence-corrected chi connectivity index (χ2v) is 7.10. The molecule has 0 atom stereocenters. The predicted molar refractivity (Wildman–Crippen MR) is 96.3 cm³/mol. The van der Waals surface area contributed by atoms with Crippen molar-refractivity contribution in [1.82, 2.24) is 10.2 Å². The maximum Gasteiger partial charge on any atom is 0.258 e. The van der Waals surface area contributed by atoms with Crippen molar-refractivity contribution in [1.29, 1.82) is 0 Å². The van der Waals surface area contributed by atoms with Crippen LogP contribution in [0.25, 0.3) is 0 Å². The van der Waals surface area contributed by atoms with Gasteiger partial charge in [-0.25, -0.2) is 0 Å². The molecule has 1 aliphatic carbocycles. The van der Waals surface area contributed by atoms with Crippen molar-refractivity contribution in [2.45, 2.75) is 51.0 Å². The molecule has 1 N–H and O–H groups in total. The Labute approximate surface area is 149 Å². The predicted octanol–water partition coefficient (Wildman–Crippen LogP) is 2.75. The molecule has 1 aromatic carbocycles. The van der Waals surface area contributed by atoms with Crippen LogP contribution in [0, 0.1) is 5.92 Å². The second-order valence-electron chi connectivity index (χ2n) is 7.10. The molecule has 0 radical (unpaired) electrons. The number of benzene rings is 1. The van der Waals surface area contributed by atoms with Crippen molar-refractivity contribution < 1.29 is 14.3 Å². The van der Waals surface area contributed by atoms with Gasteiger partial charge in [-0.05, 0) is 37.8 Å². The molecule has 1 aliphatic heterocycles. The molecule has 2 fully saturated rings. The van der Waals surface area contributed by atoms with E-state index in [2.05, 4.69) is 5.32 Å². The topological polar surface area (TPSA) is 58.6 Å². The smallest absolute Gasteiger partial charge is 0.258 e. The molecule has 3 rings (SSSR count). The number of piperidine rings is 1. The molecule has 2 amide bonds. The summed E-state index contributed by atoms with van der Waals surface area (Å²) in [6.45, 7) is 1.53. The van der Waals surface area contributed by atoms with Gasteiger partial charge in [0.15, 0.2) is 6.61 Å². The molecule has 25 heavy (non-hydrogen) atoms. The summed E-state index contributed by atoms with van der Waals surface area (Å²) in [5.74, 6) is 1.17. The van der Waals surface area contributed by atoms with Crippen LogP contribution in [0.3, 0.4) is 0 Å². The zero-order chi connectivity index (χ0) is 17.5. The number of hydrogen-bond acceptors (Lipinski definition) is 3. The molecule has 1 saturated heterocycles. The maximum atomic E-state index is 12.6. The van der Waals surface area contributed by atoms with Crippen LogP contribution >= 0.6 is 0 Å². The number of nitrogens with zero attached hydrogens (tertiary/aromatic N) is 1. The molecule has 1 aromatic rings. The lowest BCUT2D eigenvalue weighted by Gasteiger charge is -2.35. The van der Waals surface area contributed by atoms with Gasteiger partial charge in [0.05, 0.1) is 0 Å². The standard InChI is InChI=1S/C20H28N2O3/c23-19(15-25-18-9-5-2-6-10-18)21-17-11-13-22(14-12-17)20(24)16-7-3-1-4-8-16/h2,5-6,9-10,16-17H,1,3-4,7-8,11-15H2,(H,21,23). The van der Waals surface area contributed by atoms with Gasteiger partial charge in [-0.3, -0.25) is 9.59 Å². The summed E-state index contributed by atoms with van der Waals surface area (Å²) in [6.07, 6.45) is 7.39. The van der Waals surface area contributed by atoms with Crippen LogP contribution in [-0.2, 0) is 9.59 Å². The van der Waals surface area contributed by atoms with E-state index in [1.165, 1.54) is 19.3 Å². The Kier molecular flexibility index (Phi) is 6.31. The van der Waals surface area contributed by atoms with Gasteiger partial charge in [0.25, 0.3) is 5.91 Å². The minimum absolute atomic E-state index is 0.0330. The Morgan fingerprint density at radius 3 is 2.36 bits per heavy atom. The lowest BCUT2D eigenvalue weighted by molar-refractivity contribution is -0.137. The first kappa shape index (κ1) is 17.8. The van der Waals surface area contributed by atoms with Gasteiger partial charge < -0.3 is 15.0 Å². The summed E-state index contributed by atoms with van der Waals surface area (Å²) in [4.78, 5) is 26.6. The number of amides is 2.